The van der Waals surface area contributed by atoms with Gasteiger partial charge in [-0.1, -0.05) is 50.0 Å². The van der Waals surface area contributed by atoms with Gasteiger partial charge in [0.05, 0.1) is 34.5 Å². The lowest BCUT2D eigenvalue weighted by Gasteiger charge is -2.18. The van der Waals surface area contributed by atoms with Crippen LogP contribution in [0.4, 0.5) is 16.3 Å². The fraction of sp³-hybridized carbons (Fsp3) is 0.389. The Labute approximate surface area is 167 Å². The highest BCUT2D eigenvalue weighted by molar-refractivity contribution is 6.44. The molecule has 0 aliphatic rings. The van der Waals surface area contributed by atoms with Crippen molar-refractivity contribution in [2.24, 2.45) is 0 Å². The standard InChI is InChI=1S/C18H22Cl2N4O3/c1-5-27-13(25)9-10-15(18(2,3)4)23-24-16(10)22-17(26)21-12-8-6-7-11(19)14(12)20/h6-8H,5,9H2,1-4H3,(H3,21,22,23,24,26). The summed E-state index contributed by atoms with van der Waals surface area (Å²) >= 11 is 12.0. The number of aromatic amines is 1. The molecule has 2 amide bonds. The van der Waals surface area contributed by atoms with Gasteiger partial charge in [0.2, 0.25) is 0 Å². The van der Waals surface area contributed by atoms with Gasteiger partial charge in [0.25, 0.3) is 0 Å². The number of carbonyl (C=O) groups excluding carboxylic acids is 2. The molecular formula is C18H22Cl2N4O3. The number of H-pyrrole nitrogens is 1. The van der Waals surface area contributed by atoms with Gasteiger partial charge in [0.1, 0.15) is 5.82 Å². The van der Waals surface area contributed by atoms with Gasteiger partial charge in [-0.15, -0.1) is 0 Å². The van der Waals surface area contributed by atoms with Crippen molar-refractivity contribution >= 4 is 46.7 Å². The molecule has 7 nitrogen and oxygen atoms in total. The third-order valence-corrected chi connectivity index (χ3v) is 4.46. The van der Waals surface area contributed by atoms with Crippen LogP contribution < -0.4 is 10.6 Å². The second-order valence-corrected chi connectivity index (χ2v) is 7.62. The molecule has 0 aliphatic carbocycles. The zero-order chi connectivity index (χ0) is 20.2. The Balaban J connectivity index is 2.24. The molecule has 0 atom stereocenters. The molecule has 0 unspecified atom stereocenters. The molecule has 146 valence electrons. The van der Waals surface area contributed by atoms with Gasteiger partial charge >= 0.3 is 12.0 Å². The summed E-state index contributed by atoms with van der Waals surface area (Å²) in [5, 5.41) is 12.9. The van der Waals surface area contributed by atoms with Crippen molar-refractivity contribution in [3.05, 3.63) is 39.5 Å². The van der Waals surface area contributed by atoms with Crippen molar-refractivity contribution in [2.45, 2.75) is 39.5 Å². The summed E-state index contributed by atoms with van der Waals surface area (Å²) < 4.78 is 5.03. The number of urea groups is 1. The molecule has 0 radical (unpaired) electrons. The quantitative estimate of drug-likeness (QED) is 0.616. The maximum atomic E-state index is 12.4. The molecule has 1 aromatic heterocycles. The van der Waals surface area contributed by atoms with Crippen molar-refractivity contribution in [3.8, 4) is 0 Å². The van der Waals surface area contributed by atoms with Crippen molar-refractivity contribution in [1.82, 2.24) is 10.2 Å². The normalized spacial score (nSPS) is 11.2. The summed E-state index contributed by atoms with van der Waals surface area (Å²) in [6, 6.07) is 4.37. The lowest BCUT2D eigenvalue weighted by molar-refractivity contribution is -0.142. The Bertz CT molecular complexity index is 844. The molecule has 0 saturated heterocycles. The lowest BCUT2D eigenvalue weighted by Crippen LogP contribution is -2.22. The predicted molar refractivity (Wildman–Crippen MR) is 107 cm³/mol. The van der Waals surface area contributed by atoms with Gasteiger partial charge in [-0.3, -0.25) is 15.2 Å². The first-order valence-electron chi connectivity index (χ1n) is 8.38. The van der Waals surface area contributed by atoms with Gasteiger partial charge in [-0.25, -0.2) is 4.79 Å². The average molecular weight is 413 g/mol. The van der Waals surface area contributed by atoms with E-state index in [9.17, 15) is 9.59 Å². The SMILES string of the molecule is CCOC(=O)Cc1c(C(C)(C)C)n[nH]c1NC(=O)Nc1cccc(Cl)c1Cl. The van der Waals surface area contributed by atoms with Crippen LogP contribution in [0.25, 0.3) is 0 Å². The van der Waals surface area contributed by atoms with Gasteiger partial charge in [0.15, 0.2) is 0 Å². The maximum Gasteiger partial charge on any atom is 0.324 e. The highest BCUT2D eigenvalue weighted by atomic mass is 35.5. The van der Waals surface area contributed by atoms with Gasteiger partial charge in [-0.2, -0.15) is 5.10 Å². The number of hydrogen-bond acceptors (Lipinski definition) is 4. The summed E-state index contributed by atoms with van der Waals surface area (Å²) in [6.45, 7) is 7.91. The Morgan fingerprint density at radius 1 is 1.22 bits per heavy atom. The number of rotatable bonds is 5. The van der Waals surface area contributed by atoms with E-state index in [2.05, 4.69) is 20.8 Å². The molecule has 0 bridgehead atoms. The van der Waals surface area contributed by atoms with E-state index in [1.165, 1.54) is 0 Å². The minimum atomic E-state index is -0.548. The minimum absolute atomic E-state index is 0.00945. The number of aromatic nitrogens is 2. The van der Waals surface area contributed by atoms with E-state index in [-0.39, 0.29) is 23.5 Å². The van der Waals surface area contributed by atoms with E-state index in [0.29, 0.717) is 27.8 Å². The smallest absolute Gasteiger partial charge is 0.324 e. The molecule has 1 heterocycles. The number of nitrogens with one attached hydrogen (secondary N) is 3. The second kappa shape index (κ2) is 8.63. The first-order chi connectivity index (χ1) is 12.6. The van der Waals surface area contributed by atoms with E-state index in [0.717, 1.165) is 0 Å². The van der Waals surface area contributed by atoms with Crippen LogP contribution >= 0.6 is 23.2 Å². The zero-order valence-electron chi connectivity index (χ0n) is 15.6. The number of ether oxygens (including phenoxy) is 1. The summed E-state index contributed by atoms with van der Waals surface area (Å²) in [7, 11) is 0. The molecule has 2 rings (SSSR count). The molecule has 3 N–H and O–H groups in total. The van der Waals surface area contributed by atoms with E-state index in [4.69, 9.17) is 27.9 Å². The van der Waals surface area contributed by atoms with Crippen LogP contribution in [0.3, 0.4) is 0 Å². The minimum Gasteiger partial charge on any atom is -0.466 e. The number of amides is 2. The van der Waals surface area contributed by atoms with Crippen LogP contribution in [0.2, 0.25) is 10.0 Å². The number of nitrogens with zero attached hydrogens (tertiary/aromatic N) is 1. The van der Waals surface area contributed by atoms with Crippen LogP contribution in [-0.4, -0.2) is 28.8 Å². The third-order valence-electron chi connectivity index (χ3n) is 3.64. The Morgan fingerprint density at radius 3 is 2.56 bits per heavy atom. The third kappa shape index (κ3) is 5.37. The number of benzene rings is 1. The average Bonchev–Trinajstić information content (AvgIpc) is 2.94. The van der Waals surface area contributed by atoms with Crippen molar-refractivity contribution in [3.63, 3.8) is 0 Å². The highest BCUT2D eigenvalue weighted by Crippen LogP contribution is 2.31. The highest BCUT2D eigenvalue weighted by Gasteiger charge is 2.27. The van der Waals surface area contributed by atoms with E-state index in [1.54, 1.807) is 25.1 Å². The number of halogens is 2. The Hall–Kier alpha value is -2.25. The largest absolute Gasteiger partial charge is 0.466 e. The monoisotopic (exact) mass is 412 g/mol. The first-order valence-corrected chi connectivity index (χ1v) is 9.14. The topological polar surface area (TPSA) is 96.1 Å². The molecule has 2 aromatic rings. The fourth-order valence-corrected chi connectivity index (χ4v) is 2.83. The van der Waals surface area contributed by atoms with Gasteiger partial charge in [0, 0.05) is 11.0 Å². The van der Waals surface area contributed by atoms with Crippen molar-refractivity contribution in [2.75, 3.05) is 17.2 Å². The summed E-state index contributed by atoms with van der Waals surface area (Å²) in [4.78, 5) is 24.4. The molecule has 0 spiro atoms. The van der Waals surface area contributed by atoms with Crippen LogP contribution in [0.1, 0.15) is 39.0 Å². The summed E-state index contributed by atoms with van der Waals surface area (Å²) in [6.07, 6.45) is -0.00945. The molecule has 1 aromatic carbocycles. The maximum absolute atomic E-state index is 12.4. The number of anilines is 2. The van der Waals surface area contributed by atoms with Crippen LogP contribution in [0, 0.1) is 0 Å². The number of esters is 1. The Kier molecular flexibility index (Phi) is 6.73. The molecule has 9 heteroatoms. The molecule has 27 heavy (non-hydrogen) atoms. The summed E-state index contributed by atoms with van der Waals surface area (Å²) in [5.41, 5.74) is 1.29. The van der Waals surface area contributed by atoms with E-state index in [1.807, 2.05) is 20.8 Å². The molecule has 0 fully saturated rings. The van der Waals surface area contributed by atoms with E-state index >= 15 is 0 Å². The van der Waals surface area contributed by atoms with Gasteiger partial charge in [-0.05, 0) is 19.1 Å². The molecule has 0 saturated carbocycles. The van der Waals surface area contributed by atoms with Crippen LogP contribution in [0.15, 0.2) is 18.2 Å². The summed E-state index contributed by atoms with van der Waals surface area (Å²) in [5.74, 6) is -0.0747. The Morgan fingerprint density at radius 2 is 1.93 bits per heavy atom. The van der Waals surface area contributed by atoms with E-state index < -0.39 is 12.0 Å². The zero-order valence-corrected chi connectivity index (χ0v) is 17.1. The molecular weight excluding hydrogens is 391 g/mol. The number of carbonyl (C=O) groups is 2. The predicted octanol–water partition coefficient (Wildman–Crippen LogP) is 4.76. The van der Waals surface area contributed by atoms with Crippen LogP contribution in [-0.2, 0) is 21.4 Å². The number of hydrogen-bond donors (Lipinski definition) is 3. The fourth-order valence-electron chi connectivity index (χ4n) is 2.48. The first kappa shape index (κ1) is 21.1. The van der Waals surface area contributed by atoms with Gasteiger partial charge < -0.3 is 10.1 Å². The molecule has 0 aliphatic heterocycles. The van der Waals surface area contributed by atoms with Crippen molar-refractivity contribution in [1.29, 1.82) is 0 Å². The van der Waals surface area contributed by atoms with Crippen molar-refractivity contribution < 1.29 is 14.3 Å². The second-order valence-electron chi connectivity index (χ2n) is 6.84. The lowest BCUT2D eigenvalue weighted by atomic mass is 9.88. The van der Waals surface area contributed by atoms with Crippen LogP contribution in [0.5, 0.6) is 0 Å².